The molecule has 3 amide bonds. The van der Waals surface area contributed by atoms with Crippen LogP contribution in [0.2, 0.25) is 0 Å². The Morgan fingerprint density at radius 3 is 2.17 bits per heavy atom. The molecule has 0 radical (unpaired) electrons. The molecule has 0 spiro atoms. The summed E-state index contributed by atoms with van der Waals surface area (Å²) in [6.07, 6.45) is 3.46. The Hall–Kier alpha value is -3.68. The first-order valence-corrected chi connectivity index (χ1v) is 14.5. The number of ether oxygens (including phenoxy) is 1. The number of amides is 3. The smallest absolute Gasteiger partial charge is 0.329 e. The maximum Gasteiger partial charge on any atom is 0.329 e. The van der Waals surface area contributed by atoms with E-state index >= 15 is 0 Å². The lowest BCUT2D eigenvalue weighted by atomic mass is 9.98. The molecule has 40 heavy (non-hydrogen) atoms. The zero-order chi connectivity index (χ0) is 29.1. The van der Waals surface area contributed by atoms with Crippen molar-refractivity contribution in [2.24, 2.45) is 5.92 Å². The van der Waals surface area contributed by atoms with Crippen LogP contribution in [-0.4, -0.2) is 47.9 Å². The number of carbonyl (C=O) groups is 4. The lowest BCUT2D eigenvalue weighted by molar-refractivity contribution is -0.156. The van der Waals surface area contributed by atoms with Gasteiger partial charge in [0.2, 0.25) is 17.7 Å². The van der Waals surface area contributed by atoms with Gasteiger partial charge < -0.3 is 20.7 Å². The molecule has 1 heterocycles. The van der Waals surface area contributed by atoms with Gasteiger partial charge in [-0.25, -0.2) is 4.79 Å². The number of hydrogen-bond acceptors (Lipinski definition) is 5. The first kappa shape index (κ1) is 30.9. The third-order valence-corrected chi connectivity index (χ3v) is 7.49. The van der Waals surface area contributed by atoms with E-state index in [4.69, 9.17) is 4.74 Å². The summed E-state index contributed by atoms with van der Waals surface area (Å²) in [6, 6.07) is 15.1. The monoisotopic (exact) mass is 549 g/mol. The number of cyclic esters (lactones) is 1. The molecule has 1 saturated heterocycles. The van der Waals surface area contributed by atoms with Crippen LogP contribution < -0.4 is 16.0 Å². The van der Waals surface area contributed by atoms with Crippen LogP contribution in [0.15, 0.2) is 54.6 Å². The van der Waals surface area contributed by atoms with Crippen molar-refractivity contribution in [2.45, 2.75) is 96.9 Å². The Morgan fingerprint density at radius 1 is 0.850 bits per heavy atom. The van der Waals surface area contributed by atoms with Gasteiger partial charge in [-0.05, 0) is 42.4 Å². The Bertz CT molecular complexity index is 1130. The van der Waals surface area contributed by atoms with E-state index in [1.165, 1.54) is 0 Å². The van der Waals surface area contributed by atoms with Crippen molar-refractivity contribution < 1.29 is 23.9 Å². The summed E-state index contributed by atoms with van der Waals surface area (Å²) in [4.78, 5) is 52.7. The fourth-order valence-corrected chi connectivity index (χ4v) is 4.76. The maximum absolute atomic E-state index is 13.3. The van der Waals surface area contributed by atoms with E-state index in [-0.39, 0.29) is 24.7 Å². The number of hydrogen-bond donors (Lipinski definition) is 3. The third-order valence-electron chi connectivity index (χ3n) is 7.49. The molecule has 1 aliphatic heterocycles. The SMILES string of the molecule is CCCCC[C@@H]1CC(=O)N[C@@H](Cc2ccc(-c3ccccc3)cc2)C(=O)N[C@@H](C)C(=O)N[C@H]([C@@H](C)CC)C(=O)O1. The van der Waals surface area contributed by atoms with Crippen molar-refractivity contribution in [1.82, 2.24) is 16.0 Å². The normalized spacial score (nSPS) is 23.4. The maximum atomic E-state index is 13.3. The van der Waals surface area contributed by atoms with Gasteiger partial charge in [0, 0.05) is 6.42 Å². The predicted molar refractivity (Wildman–Crippen MR) is 155 cm³/mol. The summed E-state index contributed by atoms with van der Waals surface area (Å²) in [5, 5.41) is 8.34. The molecular weight excluding hydrogens is 506 g/mol. The second kappa shape index (κ2) is 15.2. The van der Waals surface area contributed by atoms with Crippen molar-refractivity contribution in [1.29, 1.82) is 0 Å². The highest BCUT2D eigenvalue weighted by Gasteiger charge is 2.33. The van der Waals surface area contributed by atoms with Crippen LogP contribution >= 0.6 is 0 Å². The molecule has 2 aromatic carbocycles. The van der Waals surface area contributed by atoms with Gasteiger partial charge in [-0.2, -0.15) is 0 Å². The number of carbonyl (C=O) groups excluding carboxylic acids is 4. The van der Waals surface area contributed by atoms with Gasteiger partial charge in [0.25, 0.3) is 0 Å². The topological polar surface area (TPSA) is 114 Å². The molecule has 3 rings (SSSR count). The van der Waals surface area contributed by atoms with Crippen LogP contribution in [0.5, 0.6) is 0 Å². The molecule has 1 aliphatic rings. The van der Waals surface area contributed by atoms with Gasteiger partial charge >= 0.3 is 5.97 Å². The van der Waals surface area contributed by atoms with Crippen LogP contribution in [0.3, 0.4) is 0 Å². The molecule has 216 valence electrons. The highest BCUT2D eigenvalue weighted by Crippen LogP contribution is 2.20. The lowest BCUT2D eigenvalue weighted by Crippen LogP contribution is -2.55. The van der Waals surface area contributed by atoms with Gasteiger partial charge in [-0.15, -0.1) is 0 Å². The summed E-state index contributed by atoms with van der Waals surface area (Å²) < 4.78 is 5.82. The molecule has 0 aliphatic carbocycles. The highest BCUT2D eigenvalue weighted by molar-refractivity contribution is 5.94. The van der Waals surface area contributed by atoms with Crippen molar-refractivity contribution in [3.8, 4) is 11.1 Å². The quantitative estimate of drug-likeness (QED) is 0.319. The minimum absolute atomic E-state index is 0.0527. The van der Waals surface area contributed by atoms with E-state index in [0.29, 0.717) is 12.8 Å². The number of rotatable bonds is 9. The average Bonchev–Trinajstić information content (AvgIpc) is 2.95. The number of unbranched alkanes of at least 4 members (excludes halogenated alkanes) is 2. The summed E-state index contributed by atoms with van der Waals surface area (Å²) in [6.45, 7) is 7.44. The Kier molecular flexibility index (Phi) is 11.7. The minimum Gasteiger partial charge on any atom is -0.460 e. The molecule has 0 saturated carbocycles. The Morgan fingerprint density at radius 2 is 1.52 bits per heavy atom. The lowest BCUT2D eigenvalue weighted by Gasteiger charge is -2.26. The van der Waals surface area contributed by atoms with Gasteiger partial charge in [-0.3, -0.25) is 14.4 Å². The summed E-state index contributed by atoms with van der Waals surface area (Å²) in [5.41, 5.74) is 3.00. The van der Waals surface area contributed by atoms with Crippen LogP contribution in [0.1, 0.15) is 71.8 Å². The van der Waals surface area contributed by atoms with E-state index in [1.54, 1.807) is 6.92 Å². The van der Waals surface area contributed by atoms with Crippen molar-refractivity contribution in [3.05, 3.63) is 60.2 Å². The molecular formula is C32H43N3O5. The van der Waals surface area contributed by atoms with Crippen LogP contribution in [0.4, 0.5) is 0 Å². The fraction of sp³-hybridized carbons (Fsp3) is 0.500. The molecule has 1 fully saturated rings. The standard InChI is InChI=1S/C32H43N3O5/c1-5-7-9-14-26-20-28(36)34-27(19-23-15-17-25(18-16-23)24-12-10-8-11-13-24)31(38)33-22(4)30(37)35-29(21(3)6-2)32(39)40-26/h8,10-13,15-18,21-22,26-27,29H,5-7,9,14,19-20H2,1-4H3,(H,33,38)(H,34,36)(H,35,37)/t21-,22-,26+,27-,29+/m0/s1. The van der Waals surface area contributed by atoms with Gasteiger partial charge in [0.15, 0.2) is 0 Å². The molecule has 3 N–H and O–H groups in total. The van der Waals surface area contributed by atoms with Crippen LogP contribution in [0.25, 0.3) is 11.1 Å². The van der Waals surface area contributed by atoms with Crippen molar-refractivity contribution >= 4 is 23.7 Å². The second-order valence-corrected chi connectivity index (χ2v) is 10.7. The van der Waals surface area contributed by atoms with Gasteiger partial charge in [-0.1, -0.05) is 94.6 Å². The molecule has 0 unspecified atom stereocenters. The molecule has 0 bridgehead atoms. The van der Waals surface area contributed by atoms with E-state index in [9.17, 15) is 19.2 Å². The highest BCUT2D eigenvalue weighted by atomic mass is 16.5. The van der Waals surface area contributed by atoms with Gasteiger partial charge in [0.05, 0.1) is 6.42 Å². The third kappa shape index (κ3) is 8.93. The second-order valence-electron chi connectivity index (χ2n) is 10.7. The van der Waals surface area contributed by atoms with Gasteiger partial charge in [0.1, 0.15) is 24.2 Å². The summed E-state index contributed by atoms with van der Waals surface area (Å²) >= 11 is 0. The largest absolute Gasteiger partial charge is 0.460 e. The molecule has 0 aromatic heterocycles. The zero-order valence-electron chi connectivity index (χ0n) is 24.1. The van der Waals surface area contributed by atoms with E-state index in [2.05, 4.69) is 22.9 Å². The molecule has 8 heteroatoms. The zero-order valence-corrected chi connectivity index (χ0v) is 24.1. The number of esters is 1. The van der Waals surface area contributed by atoms with E-state index in [0.717, 1.165) is 36.0 Å². The van der Waals surface area contributed by atoms with Crippen LogP contribution in [-0.2, 0) is 30.3 Å². The van der Waals surface area contributed by atoms with Crippen LogP contribution in [0, 0.1) is 5.92 Å². The Labute approximate surface area is 237 Å². The summed E-state index contributed by atoms with van der Waals surface area (Å²) in [5.74, 6) is -2.04. The first-order chi connectivity index (χ1) is 19.2. The molecule has 2 aromatic rings. The average molecular weight is 550 g/mol. The molecule has 8 nitrogen and oxygen atoms in total. The predicted octanol–water partition coefficient (Wildman–Crippen LogP) is 4.31. The van der Waals surface area contributed by atoms with Crippen molar-refractivity contribution in [2.75, 3.05) is 0 Å². The summed E-state index contributed by atoms with van der Waals surface area (Å²) in [7, 11) is 0. The number of benzene rings is 2. The Balaban J connectivity index is 1.84. The first-order valence-electron chi connectivity index (χ1n) is 14.5. The minimum atomic E-state index is -0.909. The molecule has 5 atom stereocenters. The van der Waals surface area contributed by atoms with E-state index in [1.807, 2.05) is 68.4 Å². The number of nitrogens with one attached hydrogen (secondary N) is 3. The van der Waals surface area contributed by atoms with E-state index < -0.39 is 42.0 Å². The van der Waals surface area contributed by atoms with Crippen molar-refractivity contribution in [3.63, 3.8) is 0 Å². The fourth-order valence-electron chi connectivity index (χ4n) is 4.76.